The van der Waals surface area contributed by atoms with Crippen LogP contribution in [0.4, 0.5) is 21.3 Å². The van der Waals surface area contributed by atoms with Crippen molar-refractivity contribution in [3.05, 3.63) is 68.6 Å². The van der Waals surface area contributed by atoms with Crippen LogP contribution in [-0.4, -0.2) is 38.2 Å². The molecule has 4 aromatic rings. The number of thioether (sulfide) groups is 1. The summed E-state index contributed by atoms with van der Waals surface area (Å²) in [5.41, 5.74) is 2.54. The van der Waals surface area contributed by atoms with Crippen LogP contribution in [0.3, 0.4) is 0 Å². The number of anilines is 3. The lowest BCUT2D eigenvalue weighted by Gasteiger charge is -2.10. The molecule has 2 amide bonds. The lowest BCUT2D eigenvalue weighted by atomic mass is 10.2. The monoisotopic (exact) mass is 618 g/mol. The largest absolute Gasteiger partial charge is 0.396 e. The SMILES string of the molecule is CCSC(Cc1nnc(OC(=N)Nc2ccc(Br)cc2)s1)c1nnc(NC(=O)Nc2ccc(C)cc2)s1. The molecule has 2 aromatic heterocycles. The molecule has 2 aromatic carbocycles. The Morgan fingerprint density at radius 1 is 1.00 bits per heavy atom. The van der Waals surface area contributed by atoms with Gasteiger partial charge in [-0.05, 0) is 49.1 Å². The van der Waals surface area contributed by atoms with Gasteiger partial charge in [0, 0.05) is 22.3 Å². The second-order valence-corrected chi connectivity index (χ2v) is 12.0. The van der Waals surface area contributed by atoms with Crippen LogP contribution in [0.25, 0.3) is 0 Å². The molecule has 0 spiro atoms. The Morgan fingerprint density at radius 3 is 2.43 bits per heavy atom. The molecule has 1 atom stereocenters. The van der Waals surface area contributed by atoms with Crippen LogP contribution in [0.1, 0.15) is 27.8 Å². The van der Waals surface area contributed by atoms with Crippen molar-refractivity contribution in [1.29, 1.82) is 5.41 Å². The number of amidine groups is 1. The zero-order valence-corrected chi connectivity index (χ0v) is 23.9. The van der Waals surface area contributed by atoms with E-state index in [0.29, 0.717) is 17.2 Å². The van der Waals surface area contributed by atoms with Crippen molar-refractivity contribution in [2.75, 3.05) is 21.7 Å². The van der Waals surface area contributed by atoms with Crippen LogP contribution < -0.4 is 20.7 Å². The number of rotatable bonds is 9. The van der Waals surface area contributed by atoms with Crippen LogP contribution in [-0.2, 0) is 6.42 Å². The van der Waals surface area contributed by atoms with Crippen molar-refractivity contribution in [3.8, 4) is 5.19 Å². The lowest BCUT2D eigenvalue weighted by molar-refractivity contribution is 0.262. The Labute approximate surface area is 234 Å². The molecule has 10 nitrogen and oxygen atoms in total. The predicted molar refractivity (Wildman–Crippen MR) is 154 cm³/mol. The zero-order valence-electron chi connectivity index (χ0n) is 19.8. The van der Waals surface area contributed by atoms with E-state index in [2.05, 4.69) is 59.2 Å². The third kappa shape index (κ3) is 8.21. The first-order valence-corrected chi connectivity index (χ1v) is 14.6. The third-order valence-corrected chi connectivity index (χ3v) is 8.29. The summed E-state index contributed by atoms with van der Waals surface area (Å²) in [5, 5.41) is 35.3. The molecular weight excluding hydrogens is 596 g/mol. The number of ether oxygens (including phenoxy) is 1. The van der Waals surface area contributed by atoms with Crippen LogP contribution >= 0.6 is 50.4 Å². The Bertz CT molecular complexity index is 1340. The third-order valence-electron chi connectivity index (χ3n) is 4.71. The number of amides is 2. The average molecular weight is 620 g/mol. The number of carbonyl (C=O) groups excluding carboxylic acids is 1. The van der Waals surface area contributed by atoms with Gasteiger partial charge >= 0.3 is 11.2 Å². The molecule has 0 aliphatic rings. The molecule has 0 saturated carbocycles. The molecule has 4 rings (SSSR count). The van der Waals surface area contributed by atoms with Crippen LogP contribution in [0.15, 0.2) is 53.0 Å². The molecule has 192 valence electrons. The number of carbonyl (C=O) groups is 1. The molecule has 0 bridgehead atoms. The van der Waals surface area contributed by atoms with Crippen LogP contribution in [0.5, 0.6) is 5.19 Å². The zero-order chi connectivity index (χ0) is 26.2. The van der Waals surface area contributed by atoms with E-state index in [1.807, 2.05) is 55.5 Å². The minimum atomic E-state index is -0.378. The number of halogens is 1. The van der Waals surface area contributed by atoms with Gasteiger partial charge in [0.15, 0.2) is 0 Å². The standard InChI is InChI=1S/C23H23BrN8O2S3/c1-3-35-17(19-30-31-22(37-19)28-21(33)27-16-8-4-13(2)5-9-16)12-18-29-32-23(36-18)34-20(25)26-15-10-6-14(24)7-11-15/h4-11,17H,3,12H2,1-2H3,(H2,25,26)(H2,27,28,31,33). The van der Waals surface area contributed by atoms with Gasteiger partial charge in [-0.15, -0.1) is 15.3 Å². The van der Waals surface area contributed by atoms with Gasteiger partial charge < -0.3 is 15.4 Å². The first kappa shape index (κ1) is 27.0. The Hall–Kier alpha value is -3.07. The minimum Gasteiger partial charge on any atom is -0.396 e. The molecule has 4 N–H and O–H groups in total. The van der Waals surface area contributed by atoms with E-state index in [9.17, 15) is 4.79 Å². The second kappa shape index (κ2) is 12.9. The quantitative estimate of drug-likeness (QED) is 0.122. The van der Waals surface area contributed by atoms with E-state index in [4.69, 9.17) is 10.1 Å². The first-order chi connectivity index (χ1) is 17.9. The molecule has 0 aliphatic carbocycles. The highest BCUT2D eigenvalue weighted by Gasteiger charge is 2.21. The van der Waals surface area contributed by atoms with Crippen molar-refractivity contribution in [1.82, 2.24) is 20.4 Å². The van der Waals surface area contributed by atoms with E-state index < -0.39 is 0 Å². The summed E-state index contributed by atoms with van der Waals surface area (Å²) < 4.78 is 6.45. The number of hydrogen-bond donors (Lipinski definition) is 4. The Kier molecular flexibility index (Phi) is 9.44. The number of hydrogen-bond acceptors (Lipinski definition) is 10. The topological polar surface area (TPSA) is 138 Å². The summed E-state index contributed by atoms with van der Waals surface area (Å²) in [7, 11) is 0. The number of nitrogens with one attached hydrogen (secondary N) is 4. The molecule has 1 unspecified atom stereocenters. The van der Waals surface area contributed by atoms with E-state index in [1.165, 1.54) is 22.7 Å². The van der Waals surface area contributed by atoms with Gasteiger partial charge in [0.05, 0.1) is 5.25 Å². The van der Waals surface area contributed by atoms with E-state index in [-0.39, 0.29) is 22.5 Å². The Balaban J connectivity index is 1.33. The van der Waals surface area contributed by atoms with E-state index >= 15 is 0 Å². The summed E-state index contributed by atoms with van der Waals surface area (Å²) in [5.74, 6) is 0.866. The minimum absolute atomic E-state index is 0.0145. The maximum Gasteiger partial charge on any atom is 0.325 e. The van der Waals surface area contributed by atoms with Crippen molar-refractivity contribution in [3.63, 3.8) is 0 Å². The molecule has 0 aliphatic heterocycles. The summed E-state index contributed by atoms with van der Waals surface area (Å²) in [4.78, 5) is 12.3. The van der Waals surface area contributed by atoms with Gasteiger partial charge in [0.1, 0.15) is 10.0 Å². The first-order valence-electron chi connectivity index (χ1n) is 11.1. The van der Waals surface area contributed by atoms with Crippen LogP contribution in [0, 0.1) is 12.3 Å². The van der Waals surface area contributed by atoms with E-state index in [0.717, 1.165) is 31.5 Å². The maximum atomic E-state index is 12.3. The molecule has 0 radical (unpaired) electrons. The van der Waals surface area contributed by atoms with Gasteiger partial charge in [-0.3, -0.25) is 10.7 Å². The fourth-order valence-corrected chi connectivity index (χ4v) is 6.07. The molecule has 0 saturated heterocycles. The van der Waals surface area contributed by atoms with Crippen molar-refractivity contribution in [2.45, 2.75) is 25.5 Å². The smallest absolute Gasteiger partial charge is 0.325 e. The normalized spacial score (nSPS) is 11.5. The second-order valence-electron chi connectivity index (χ2n) is 7.56. The predicted octanol–water partition coefficient (Wildman–Crippen LogP) is 6.57. The number of urea groups is 1. The molecule has 37 heavy (non-hydrogen) atoms. The number of aryl methyl sites for hydroxylation is 1. The van der Waals surface area contributed by atoms with Gasteiger partial charge in [-0.1, -0.05) is 68.3 Å². The summed E-state index contributed by atoms with van der Waals surface area (Å²) in [6.45, 7) is 4.05. The number of nitrogens with zero attached hydrogens (tertiary/aromatic N) is 4. The molecule has 14 heteroatoms. The fraction of sp³-hybridized carbons (Fsp3) is 0.217. The molecular formula is C23H23BrN8O2S3. The number of aromatic nitrogens is 4. The van der Waals surface area contributed by atoms with Crippen LogP contribution in [0.2, 0.25) is 0 Å². The average Bonchev–Trinajstić information content (AvgIpc) is 3.51. The van der Waals surface area contributed by atoms with Crippen molar-refractivity contribution in [2.24, 2.45) is 0 Å². The molecule has 2 heterocycles. The highest BCUT2D eigenvalue weighted by atomic mass is 79.9. The Morgan fingerprint density at radius 2 is 1.70 bits per heavy atom. The van der Waals surface area contributed by atoms with Crippen molar-refractivity contribution >= 4 is 78.9 Å². The highest BCUT2D eigenvalue weighted by molar-refractivity contribution is 9.10. The summed E-state index contributed by atoms with van der Waals surface area (Å²) in [6.07, 6.45) is 0.567. The summed E-state index contributed by atoms with van der Waals surface area (Å²) in [6, 6.07) is 14.4. The summed E-state index contributed by atoms with van der Waals surface area (Å²) >= 11 is 7.68. The number of benzene rings is 2. The van der Waals surface area contributed by atoms with Gasteiger partial charge in [0.2, 0.25) is 5.13 Å². The maximum absolute atomic E-state index is 12.3. The lowest BCUT2D eigenvalue weighted by Crippen LogP contribution is -2.19. The van der Waals surface area contributed by atoms with E-state index in [1.54, 1.807) is 11.8 Å². The van der Waals surface area contributed by atoms with Gasteiger partial charge in [-0.25, -0.2) is 4.79 Å². The highest BCUT2D eigenvalue weighted by Crippen LogP contribution is 2.36. The van der Waals surface area contributed by atoms with Gasteiger partial charge in [0.25, 0.3) is 6.02 Å². The fourth-order valence-electron chi connectivity index (χ4n) is 3.03. The van der Waals surface area contributed by atoms with Gasteiger partial charge in [-0.2, -0.15) is 11.8 Å². The van der Waals surface area contributed by atoms with Crippen molar-refractivity contribution < 1.29 is 9.53 Å². The molecule has 0 fully saturated rings.